The van der Waals surface area contributed by atoms with Crippen molar-refractivity contribution in [3.8, 4) is 0 Å². The van der Waals surface area contributed by atoms with E-state index < -0.39 is 32.5 Å². The molecule has 2 atom stereocenters. The van der Waals surface area contributed by atoms with Crippen molar-refractivity contribution in [3.63, 3.8) is 0 Å². The highest BCUT2D eigenvalue weighted by Gasteiger charge is 2.22. The van der Waals surface area contributed by atoms with Gasteiger partial charge in [0.1, 0.15) is 19.8 Å². The lowest BCUT2D eigenvalue weighted by Crippen LogP contribution is -2.37. The zero-order valence-corrected chi connectivity index (χ0v) is 55.7. The second-order valence-corrected chi connectivity index (χ2v) is 25.2. The Morgan fingerprint density at radius 3 is 1.04 bits per heavy atom. The van der Waals surface area contributed by atoms with E-state index >= 15 is 0 Å². The maximum Gasteiger partial charge on any atom is 0.306 e. The maximum absolute atomic E-state index is 12.8. The van der Waals surface area contributed by atoms with Gasteiger partial charge in [0.05, 0.1) is 27.7 Å². The molecule has 0 aliphatic heterocycles. The summed E-state index contributed by atoms with van der Waals surface area (Å²) >= 11 is 0. The molecule has 482 valence electrons. The summed E-state index contributed by atoms with van der Waals surface area (Å²) in [4.78, 5) is 38.0. The number of allylic oxidation sites excluding steroid dienone is 20. The number of phosphoric ester groups is 1. The van der Waals surface area contributed by atoms with E-state index in [1.807, 2.05) is 21.1 Å². The monoisotopic (exact) mass is 1190 g/mol. The van der Waals surface area contributed by atoms with Crippen molar-refractivity contribution in [1.29, 1.82) is 0 Å². The van der Waals surface area contributed by atoms with E-state index in [1.54, 1.807) is 0 Å². The zero-order valence-electron chi connectivity index (χ0n) is 54.8. The molecule has 0 amide bonds. The lowest BCUT2D eigenvalue weighted by atomic mass is 10.0. The van der Waals surface area contributed by atoms with Crippen LogP contribution in [0.3, 0.4) is 0 Å². The Bertz CT molecular complexity index is 1830. The Labute approximate surface area is 518 Å². The van der Waals surface area contributed by atoms with Gasteiger partial charge in [-0.05, 0) is 109 Å². The summed E-state index contributed by atoms with van der Waals surface area (Å²) in [6.07, 6.45) is 91.3. The van der Waals surface area contributed by atoms with Gasteiger partial charge in [0, 0.05) is 12.8 Å². The van der Waals surface area contributed by atoms with Crippen molar-refractivity contribution in [2.75, 3.05) is 47.5 Å². The van der Waals surface area contributed by atoms with E-state index in [4.69, 9.17) is 18.5 Å². The summed E-state index contributed by atoms with van der Waals surface area (Å²) in [5.74, 6) is -0.871. The van der Waals surface area contributed by atoms with Crippen LogP contribution in [0.5, 0.6) is 0 Å². The molecule has 0 fully saturated rings. The van der Waals surface area contributed by atoms with Crippen molar-refractivity contribution < 1.29 is 42.1 Å². The van der Waals surface area contributed by atoms with Gasteiger partial charge < -0.3 is 27.9 Å². The van der Waals surface area contributed by atoms with Crippen molar-refractivity contribution in [2.45, 2.75) is 290 Å². The summed E-state index contributed by atoms with van der Waals surface area (Å²) < 4.78 is 34.2. The number of quaternary nitrogens is 1. The molecule has 9 nitrogen and oxygen atoms in total. The van der Waals surface area contributed by atoms with E-state index in [9.17, 15) is 19.0 Å². The Morgan fingerprint density at radius 1 is 0.381 bits per heavy atom. The largest absolute Gasteiger partial charge is 0.756 e. The first-order valence-electron chi connectivity index (χ1n) is 34.2. The summed E-state index contributed by atoms with van der Waals surface area (Å²) in [7, 11) is 1.13. The van der Waals surface area contributed by atoms with Gasteiger partial charge in [0.15, 0.2) is 6.10 Å². The highest BCUT2D eigenvalue weighted by Crippen LogP contribution is 2.38. The topological polar surface area (TPSA) is 111 Å². The Morgan fingerprint density at radius 2 is 0.679 bits per heavy atom. The molecule has 0 N–H and O–H groups in total. The lowest BCUT2D eigenvalue weighted by molar-refractivity contribution is -0.870. The number of likely N-dealkylation sites (N-methyl/N-ethyl adjacent to an activating group) is 1. The Hall–Kier alpha value is -3.59. The third-order valence-electron chi connectivity index (χ3n) is 14.5. The first-order chi connectivity index (χ1) is 41.0. The quantitative estimate of drug-likeness (QED) is 0.0195. The van der Waals surface area contributed by atoms with Gasteiger partial charge >= 0.3 is 11.9 Å². The standard InChI is InChI=1S/C74H128NO8P/c1-6-8-10-12-14-16-18-20-22-24-26-28-30-32-34-36-37-39-41-43-45-47-49-51-53-55-57-59-61-63-65-67-74(77)83-72(71-82-84(78,79)81-69-68-75(3,4)5)70-80-73(76)66-64-62-60-58-56-54-52-50-48-46-44-42-40-38-35-33-31-29-27-25-23-21-19-17-15-13-11-9-7-2/h8,10,14,16,20,22,25-28,32,34,37,39,43,45,49,51,55,57,72H,6-7,9,11-13,15,17-19,21,23-24,29-31,33,35-36,38,40-42,44,46-48,50,52-54,56,58-71H2,1-5H3/b10-8-,16-14-,22-20-,27-25-,28-26-,34-32-,39-37-,45-43-,51-49-,57-55-. The third kappa shape index (κ3) is 67.5. The second kappa shape index (κ2) is 63.9. The molecule has 84 heavy (non-hydrogen) atoms. The Balaban J connectivity index is 4.17. The summed E-state index contributed by atoms with van der Waals surface area (Å²) in [6.45, 7) is 4.10. The van der Waals surface area contributed by atoms with Crippen molar-refractivity contribution >= 4 is 19.8 Å². The summed E-state index contributed by atoms with van der Waals surface area (Å²) in [6, 6.07) is 0. The van der Waals surface area contributed by atoms with Crippen LogP contribution < -0.4 is 4.89 Å². The molecule has 10 heteroatoms. The molecule has 0 aromatic rings. The van der Waals surface area contributed by atoms with E-state index in [2.05, 4.69) is 135 Å². The molecular weight excluding hydrogens is 1060 g/mol. The Kier molecular flexibility index (Phi) is 61.2. The fraction of sp³-hybridized carbons (Fsp3) is 0.703. The zero-order chi connectivity index (χ0) is 61.2. The molecular formula is C74H128NO8P. The molecule has 0 heterocycles. The number of phosphoric acid groups is 1. The average molecular weight is 1190 g/mol. The number of carbonyl (C=O) groups is 2. The predicted molar refractivity (Wildman–Crippen MR) is 360 cm³/mol. The van der Waals surface area contributed by atoms with Crippen LogP contribution in [0.25, 0.3) is 0 Å². The fourth-order valence-electron chi connectivity index (χ4n) is 9.23. The molecule has 0 aliphatic rings. The minimum absolute atomic E-state index is 0.0431. The molecule has 0 spiro atoms. The predicted octanol–water partition coefficient (Wildman–Crippen LogP) is 21.6. The van der Waals surface area contributed by atoms with Crippen molar-refractivity contribution in [2.24, 2.45) is 0 Å². The van der Waals surface area contributed by atoms with E-state index in [-0.39, 0.29) is 26.1 Å². The number of esters is 2. The molecule has 0 aliphatic carbocycles. The molecule has 2 unspecified atom stereocenters. The second-order valence-electron chi connectivity index (χ2n) is 23.8. The van der Waals surface area contributed by atoms with Gasteiger partial charge in [0.25, 0.3) is 7.82 Å². The van der Waals surface area contributed by atoms with Gasteiger partial charge in [-0.15, -0.1) is 0 Å². The van der Waals surface area contributed by atoms with E-state index in [0.29, 0.717) is 17.4 Å². The smallest absolute Gasteiger partial charge is 0.306 e. The molecule has 0 aromatic heterocycles. The number of hydrogen-bond donors (Lipinski definition) is 0. The van der Waals surface area contributed by atoms with E-state index in [0.717, 1.165) is 96.3 Å². The van der Waals surface area contributed by atoms with Crippen LogP contribution in [-0.2, 0) is 32.7 Å². The van der Waals surface area contributed by atoms with Gasteiger partial charge in [-0.25, -0.2) is 0 Å². The normalized spacial score (nSPS) is 13.9. The molecule has 0 rings (SSSR count). The van der Waals surface area contributed by atoms with Crippen LogP contribution in [0.4, 0.5) is 0 Å². The molecule has 0 saturated carbocycles. The number of hydrogen-bond acceptors (Lipinski definition) is 8. The van der Waals surface area contributed by atoms with Crippen molar-refractivity contribution in [3.05, 3.63) is 122 Å². The lowest BCUT2D eigenvalue weighted by Gasteiger charge is -2.28. The molecule has 0 bridgehead atoms. The summed E-state index contributed by atoms with van der Waals surface area (Å²) in [5.41, 5.74) is 0. The first-order valence-corrected chi connectivity index (χ1v) is 35.7. The first kappa shape index (κ1) is 80.4. The van der Waals surface area contributed by atoms with Crippen LogP contribution in [0.1, 0.15) is 284 Å². The molecule has 0 saturated heterocycles. The van der Waals surface area contributed by atoms with Crippen LogP contribution in [0.15, 0.2) is 122 Å². The minimum atomic E-state index is -4.66. The van der Waals surface area contributed by atoms with Crippen LogP contribution >= 0.6 is 7.82 Å². The van der Waals surface area contributed by atoms with Gasteiger partial charge in [-0.3, -0.25) is 14.2 Å². The fourth-order valence-corrected chi connectivity index (χ4v) is 9.96. The van der Waals surface area contributed by atoms with E-state index in [1.165, 1.54) is 154 Å². The SMILES string of the molecule is CC/C=C\C/C=C\C/C=C\C/C=C\C/C=C\C/C=C\C/C=C\C/C=C\C/C=C\CCCCCC(=O)OC(COC(=O)CCCCCCCCCCCCCCCCCCC/C=C\CCCCCCCCCC)COP(=O)([O-])OCC[N+](C)(C)C. The highest BCUT2D eigenvalue weighted by atomic mass is 31.2. The van der Waals surface area contributed by atoms with Crippen LogP contribution in [-0.4, -0.2) is 70.0 Å². The number of unbranched alkanes of at least 4 members (excludes halogenated alkanes) is 28. The van der Waals surface area contributed by atoms with Crippen LogP contribution in [0.2, 0.25) is 0 Å². The van der Waals surface area contributed by atoms with Gasteiger partial charge in [-0.1, -0.05) is 283 Å². The van der Waals surface area contributed by atoms with Crippen molar-refractivity contribution in [1.82, 2.24) is 0 Å². The minimum Gasteiger partial charge on any atom is -0.756 e. The van der Waals surface area contributed by atoms with Gasteiger partial charge in [0.2, 0.25) is 0 Å². The maximum atomic E-state index is 12.8. The highest BCUT2D eigenvalue weighted by molar-refractivity contribution is 7.45. The summed E-state index contributed by atoms with van der Waals surface area (Å²) in [5, 5.41) is 0. The van der Waals surface area contributed by atoms with Gasteiger partial charge in [-0.2, -0.15) is 0 Å². The third-order valence-corrected chi connectivity index (χ3v) is 15.4. The average Bonchev–Trinajstić information content (AvgIpc) is 3.61. The number of rotatable bonds is 62. The number of nitrogens with zero attached hydrogens (tertiary/aromatic N) is 1. The number of carbonyl (C=O) groups excluding carboxylic acids is 2. The molecule has 0 radical (unpaired) electrons. The number of ether oxygens (including phenoxy) is 2. The van der Waals surface area contributed by atoms with Crippen LogP contribution in [0, 0.1) is 0 Å². The molecule has 0 aromatic carbocycles.